The van der Waals surface area contributed by atoms with Crippen LogP contribution in [-0.2, 0) is 0 Å². The molecule has 7 heteroatoms. The fourth-order valence-electron chi connectivity index (χ4n) is 2.66. The van der Waals surface area contributed by atoms with Crippen molar-refractivity contribution in [3.05, 3.63) is 18.6 Å². The van der Waals surface area contributed by atoms with E-state index in [0.717, 1.165) is 36.9 Å². The van der Waals surface area contributed by atoms with Crippen molar-refractivity contribution >= 4 is 23.1 Å². The number of fused-ring (bicyclic) bond motifs is 1. The summed E-state index contributed by atoms with van der Waals surface area (Å²) >= 11 is 0. The first-order valence-corrected chi connectivity index (χ1v) is 7.90. The second kappa shape index (κ2) is 6.74. The van der Waals surface area contributed by atoms with E-state index in [1.165, 1.54) is 19.3 Å². The van der Waals surface area contributed by atoms with Crippen LogP contribution in [0.15, 0.2) is 23.6 Å². The Labute approximate surface area is 130 Å². The van der Waals surface area contributed by atoms with E-state index in [4.69, 9.17) is 4.98 Å². The molecule has 0 aromatic carbocycles. The van der Waals surface area contributed by atoms with Crippen molar-refractivity contribution < 1.29 is 0 Å². The largest absolute Gasteiger partial charge is 0.355 e. The van der Waals surface area contributed by atoms with Gasteiger partial charge in [-0.2, -0.15) is 0 Å². The molecule has 7 nitrogen and oxygen atoms in total. The van der Waals surface area contributed by atoms with E-state index in [9.17, 15) is 0 Å². The van der Waals surface area contributed by atoms with Gasteiger partial charge in [0.1, 0.15) is 11.7 Å². The summed E-state index contributed by atoms with van der Waals surface area (Å²) in [5.74, 6) is 2.39. The molecule has 0 saturated carbocycles. The third kappa shape index (κ3) is 3.19. The van der Waals surface area contributed by atoms with E-state index in [0.29, 0.717) is 5.82 Å². The van der Waals surface area contributed by atoms with Crippen LogP contribution in [0, 0.1) is 0 Å². The number of anilines is 1. The molecule has 1 saturated heterocycles. The van der Waals surface area contributed by atoms with Gasteiger partial charge in [0.25, 0.3) is 0 Å². The summed E-state index contributed by atoms with van der Waals surface area (Å²) < 4.78 is 2.00. The summed E-state index contributed by atoms with van der Waals surface area (Å²) in [7, 11) is 0. The van der Waals surface area contributed by atoms with E-state index in [2.05, 4.69) is 25.7 Å². The molecule has 0 amide bonds. The van der Waals surface area contributed by atoms with E-state index in [1.807, 2.05) is 30.6 Å². The lowest BCUT2D eigenvalue weighted by Gasteiger charge is -2.27. The minimum absolute atomic E-state index is 0.649. The predicted octanol–water partition coefficient (Wildman–Crippen LogP) is 1.88. The zero-order valence-electron chi connectivity index (χ0n) is 13.2. The van der Waals surface area contributed by atoms with Crippen molar-refractivity contribution in [2.24, 2.45) is 4.99 Å². The number of hydrogen-bond acceptors (Lipinski definition) is 5. The van der Waals surface area contributed by atoms with Gasteiger partial charge in [0, 0.05) is 32.0 Å². The molecule has 3 heterocycles. The standard InChI is InChI=1S/C15H23N7/c1-3-17-20-12(2)18-14-15-16-7-10-22(15)11-13(19-14)21-8-5-4-6-9-21/h7,10-11,17H,3-6,8-9H2,1-2H3,(H,18,19,20). The molecule has 0 bridgehead atoms. The summed E-state index contributed by atoms with van der Waals surface area (Å²) in [6, 6.07) is 0. The molecule has 2 aromatic rings. The molecule has 2 aromatic heterocycles. The van der Waals surface area contributed by atoms with Crippen LogP contribution in [0.3, 0.4) is 0 Å². The van der Waals surface area contributed by atoms with Crippen LogP contribution in [0.2, 0.25) is 0 Å². The highest BCUT2D eigenvalue weighted by Crippen LogP contribution is 2.24. The van der Waals surface area contributed by atoms with Crippen LogP contribution in [0.4, 0.5) is 11.6 Å². The van der Waals surface area contributed by atoms with Crippen molar-refractivity contribution in [2.45, 2.75) is 33.1 Å². The maximum atomic E-state index is 4.73. The summed E-state index contributed by atoms with van der Waals surface area (Å²) in [6.07, 6.45) is 9.52. The van der Waals surface area contributed by atoms with E-state index in [-0.39, 0.29) is 0 Å². The average Bonchev–Trinajstić information content (AvgIpc) is 3.02. The van der Waals surface area contributed by atoms with E-state index < -0.39 is 0 Å². The second-order valence-electron chi connectivity index (χ2n) is 5.48. The minimum Gasteiger partial charge on any atom is -0.355 e. The van der Waals surface area contributed by atoms with Crippen LogP contribution in [-0.4, -0.2) is 39.8 Å². The van der Waals surface area contributed by atoms with Crippen molar-refractivity contribution in [1.82, 2.24) is 25.2 Å². The van der Waals surface area contributed by atoms with Crippen molar-refractivity contribution in [3.8, 4) is 0 Å². The summed E-state index contributed by atoms with van der Waals surface area (Å²) in [5, 5.41) is 0. The van der Waals surface area contributed by atoms with Gasteiger partial charge in [-0.05, 0) is 26.2 Å². The third-order valence-corrected chi connectivity index (χ3v) is 3.74. The second-order valence-corrected chi connectivity index (χ2v) is 5.48. The Morgan fingerprint density at radius 1 is 1.32 bits per heavy atom. The number of piperidine rings is 1. The first kappa shape index (κ1) is 14.8. The quantitative estimate of drug-likeness (QED) is 0.513. The normalized spacial score (nSPS) is 16.3. The lowest BCUT2D eigenvalue weighted by Crippen LogP contribution is -2.35. The smallest absolute Gasteiger partial charge is 0.200 e. The van der Waals surface area contributed by atoms with Gasteiger partial charge >= 0.3 is 0 Å². The van der Waals surface area contributed by atoms with Gasteiger partial charge in [-0.25, -0.2) is 20.4 Å². The van der Waals surface area contributed by atoms with Crippen LogP contribution in [0.1, 0.15) is 33.1 Å². The average molecular weight is 301 g/mol. The van der Waals surface area contributed by atoms with Crippen molar-refractivity contribution in [2.75, 3.05) is 24.5 Å². The first-order valence-electron chi connectivity index (χ1n) is 7.90. The number of rotatable bonds is 4. The molecule has 3 rings (SSSR count). The maximum Gasteiger partial charge on any atom is 0.200 e. The molecule has 118 valence electrons. The molecule has 0 radical (unpaired) electrons. The number of amidine groups is 1. The van der Waals surface area contributed by atoms with Crippen LogP contribution in [0.25, 0.3) is 5.65 Å². The highest BCUT2D eigenvalue weighted by atomic mass is 15.4. The zero-order chi connectivity index (χ0) is 15.4. The minimum atomic E-state index is 0.649. The molecule has 0 aliphatic carbocycles. The summed E-state index contributed by atoms with van der Waals surface area (Å²) in [6.45, 7) is 6.89. The number of imidazole rings is 1. The topological polar surface area (TPSA) is 69.9 Å². The first-order chi connectivity index (χ1) is 10.8. The number of aliphatic imine (C=N–C) groups is 1. The Hall–Kier alpha value is -2.15. The van der Waals surface area contributed by atoms with Gasteiger partial charge in [0.15, 0.2) is 11.5 Å². The molecule has 1 aliphatic rings. The maximum absolute atomic E-state index is 4.73. The highest BCUT2D eigenvalue weighted by molar-refractivity contribution is 5.83. The Bertz CT molecular complexity index is 655. The monoisotopic (exact) mass is 301 g/mol. The molecular weight excluding hydrogens is 278 g/mol. The Balaban J connectivity index is 1.95. The Morgan fingerprint density at radius 2 is 2.14 bits per heavy atom. The number of aromatic nitrogens is 3. The SMILES string of the molecule is CCNNC(C)=Nc1nc(N2CCCCC2)cn2ccnc12. The van der Waals surface area contributed by atoms with Gasteiger partial charge < -0.3 is 14.7 Å². The van der Waals surface area contributed by atoms with Gasteiger partial charge in [-0.3, -0.25) is 0 Å². The number of nitrogens with one attached hydrogen (secondary N) is 2. The molecule has 0 unspecified atom stereocenters. The molecule has 1 aliphatic heterocycles. The number of hydrogen-bond donors (Lipinski definition) is 2. The van der Waals surface area contributed by atoms with Crippen molar-refractivity contribution in [3.63, 3.8) is 0 Å². The molecular formula is C15H23N7. The lowest BCUT2D eigenvalue weighted by molar-refractivity contribution is 0.572. The van der Waals surface area contributed by atoms with E-state index in [1.54, 1.807) is 6.20 Å². The molecule has 1 fully saturated rings. The fraction of sp³-hybridized carbons (Fsp3) is 0.533. The van der Waals surface area contributed by atoms with Gasteiger partial charge in [-0.15, -0.1) is 0 Å². The third-order valence-electron chi connectivity index (χ3n) is 3.74. The molecule has 0 spiro atoms. The van der Waals surface area contributed by atoms with Crippen molar-refractivity contribution in [1.29, 1.82) is 0 Å². The zero-order valence-corrected chi connectivity index (χ0v) is 13.2. The summed E-state index contributed by atoms with van der Waals surface area (Å²) in [5.41, 5.74) is 6.86. The fourth-order valence-corrected chi connectivity index (χ4v) is 2.66. The number of hydrazine groups is 1. The highest BCUT2D eigenvalue weighted by Gasteiger charge is 2.15. The Kier molecular flexibility index (Phi) is 4.53. The van der Waals surface area contributed by atoms with Crippen LogP contribution >= 0.6 is 0 Å². The van der Waals surface area contributed by atoms with Gasteiger partial charge in [0.2, 0.25) is 0 Å². The predicted molar refractivity (Wildman–Crippen MR) is 88.6 cm³/mol. The Morgan fingerprint density at radius 3 is 2.91 bits per heavy atom. The molecule has 2 N–H and O–H groups in total. The molecule has 0 atom stereocenters. The van der Waals surface area contributed by atoms with Crippen LogP contribution < -0.4 is 15.8 Å². The summed E-state index contributed by atoms with van der Waals surface area (Å²) in [4.78, 5) is 16.0. The van der Waals surface area contributed by atoms with Crippen LogP contribution in [0.5, 0.6) is 0 Å². The van der Waals surface area contributed by atoms with Gasteiger partial charge in [0.05, 0.1) is 6.20 Å². The number of nitrogens with zero attached hydrogens (tertiary/aromatic N) is 5. The lowest BCUT2D eigenvalue weighted by atomic mass is 10.1. The van der Waals surface area contributed by atoms with Gasteiger partial charge in [-0.1, -0.05) is 6.92 Å². The van der Waals surface area contributed by atoms with E-state index >= 15 is 0 Å². The molecule has 22 heavy (non-hydrogen) atoms.